The Morgan fingerprint density at radius 2 is 2.00 bits per heavy atom. The van der Waals surface area contributed by atoms with Crippen LogP contribution in [0.25, 0.3) is 0 Å². The number of nitrogens with zero attached hydrogens (tertiary/aromatic N) is 2. The number of halogens is 3. The Bertz CT molecular complexity index is 382. The quantitative estimate of drug-likeness (QED) is 0.889. The minimum absolute atomic E-state index is 0.0502. The normalized spacial score (nSPS) is 13.5. The van der Waals surface area contributed by atoms with Crippen molar-refractivity contribution in [3.05, 3.63) is 17.6 Å². The molecule has 17 heavy (non-hydrogen) atoms. The average Bonchev–Trinajstić information content (AvgIpc) is 2.27. The van der Waals surface area contributed by atoms with Gasteiger partial charge in [-0.05, 0) is 13.3 Å². The van der Waals surface area contributed by atoms with E-state index in [1.807, 2.05) is 0 Å². The molecule has 96 valence electrons. The first-order valence-corrected chi connectivity index (χ1v) is 5.23. The number of hydrogen-bond acceptors (Lipinski definition) is 4. The van der Waals surface area contributed by atoms with Gasteiger partial charge in [0.05, 0.1) is 12.6 Å². The molecule has 1 aromatic rings. The van der Waals surface area contributed by atoms with E-state index in [9.17, 15) is 13.2 Å². The van der Waals surface area contributed by atoms with Gasteiger partial charge in [-0.1, -0.05) is 6.92 Å². The SMILES string of the molecule is CCOc1cc(C(F)(F)F)nc(C(N)CC)n1. The van der Waals surface area contributed by atoms with E-state index in [1.165, 1.54) is 0 Å². The lowest BCUT2D eigenvalue weighted by molar-refractivity contribution is -0.141. The zero-order valence-corrected chi connectivity index (χ0v) is 9.58. The minimum atomic E-state index is -4.53. The van der Waals surface area contributed by atoms with Gasteiger partial charge in [-0.25, -0.2) is 4.98 Å². The maximum atomic E-state index is 12.6. The number of alkyl halides is 3. The highest BCUT2D eigenvalue weighted by molar-refractivity contribution is 5.19. The summed E-state index contributed by atoms with van der Waals surface area (Å²) >= 11 is 0. The summed E-state index contributed by atoms with van der Waals surface area (Å²) in [6.45, 7) is 3.64. The molecule has 1 aromatic heterocycles. The fraction of sp³-hybridized carbons (Fsp3) is 0.600. The van der Waals surface area contributed by atoms with Crippen molar-refractivity contribution in [3.63, 3.8) is 0 Å². The maximum Gasteiger partial charge on any atom is 0.433 e. The average molecular weight is 249 g/mol. The topological polar surface area (TPSA) is 61.0 Å². The fourth-order valence-corrected chi connectivity index (χ4v) is 1.16. The molecule has 1 atom stereocenters. The lowest BCUT2D eigenvalue weighted by Gasteiger charge is -2.13. The van der Waals surface area contributed by atoms with Crippen molar-refractivity contribution in [2.45, 2.75) is 32.5 Å². The van der Waals surface area contributed by atoms with Gasteiger partial charge in [0.1, 0.15) is 5.82 Å². The van der Waals surface area contributed by atoms with Crippen molar-refractivity contribution in [1.29, 1.82) is 0 Å². The molecule has 7 heteroatoms. The molecule has 0 aliphatic heterocycles. The molecule has 1 heterocycles. The first-order valence-electron chi connectivity index (χ1n) is 5.23. The van der Waals surface area contributed by atoms with Gasteiger partial charge in [-0.2, -0.15) is 18.2 Å². The summed E-state index contributed by atoms with van der Waals surface area (Å²) in [6.07, 6.45) is -4.08. The summed E-state index contributed by atoms with van der Waals surface area (Å²) in [5.74, 6) is -0.153. The highest BCUT2D eigenvalue weighted by atomic mass is 19.4. The maximum absolute atomic E-state index is 12.6. The van der Waals surface area contributed by atoms with Gasteiger partial charge in [0.15, 0.2) is 5.69 Å². The molecule has 0 radical (unpaired) electrons. The van der Waals surface area contributed by atoms with Crippen LogP contribution in [0.4, 0.5) is 13.2 Å². The van der Waals surface area contributed by atoms with Crippen LogP contribution in [0.1, 0.15) is 37.8 Å². The summed E-state index contributed by atoms with van der Waals surface area (Å²) in [7, 11) is 0. The molecule has 0 aromatic carbocycles. The molecule has 1 rings (SSSR count). The molecule has 1 unspecified atom stereocenters. The molecular formula is C10H14F3N3O. The lowest BCUT2D eigenvalue weighted by atomic mass is 10.2. The molecule has 0 saturated carbocycles. The predicted octanol–water partition coefficient (Wildman–Crippen LogP) is 2.30. The molecule has 0 amide bonds. The Kier molecular flexibility index (Phi) is 4.28. The van der Waals surface area contributed by atoms with E-state index in [4.69, 9.17) is 10.5 Å². The third-order valence-electron chi connectivity index (χ3n) is 2.07. The van der Waals surface area contributed by atoms with E-state index in [0.717, 1.165) is 6.07 Å². The zero-order valence-electron chi connectivity index (χ0n) is 9.58. The van der Waals surface area contributed by atoms with E-state index < -0.39 is 17.9 Å². The summed E-state index contributed by atoms with van der Waals surface area (Å²) in [4.78, 5) is 7.27. The van der Waals surface area contributed by atoms with E-state index in [1.54, 1.807) is 13.8 Å². The number of aromatic nitrogens is 2. The number of ether oxygens (including phenoxy) is 1. The third-order valence-corrected chi connectivity index (χ3v) is 2.07. The van der Waals surface area contributed by atoms with Crippen LogP contribution >= 0.6 is 0 Å². The fourth-order valence-electron chi connectivity index (χ4n) is 1.16. The third kappa shape index (κ3) is 3.55. The summed E-state index contributed by atoms with van der Waals surface area (Å²) in [5, 5.41) is 0. The molecule has 0 bridgehead atoms. The Labute approximate surface area is 97.0 Å². The standard InChI is InChI=1S/C10H14F3N3O/c1-3-6(14)9-15-7(10(11,12)13)5-8(16-9)17-4-2/h5-6H,3-4,14H2,1-2H3. The van der Waals surface area contributed by atoms with E-state index >= 15 is 0 Å². The number of rotatable bonds is 4. The molecule has 0 spiro atoms. The van der Waals surface area contributed by atoms with Crippen molar-refractivity contribution < 1.29 is 17.9 Å². The van der Waals surface area contributed by atoms with Crippen LogP contribution in [-0.2, 0) is 6.18 Å². The second kappa shape index (κ2) is 5.31. The van der Waals surface area contributed by atoms with Gasteiger partial charge in [-0.3, -0.25) is 0 Å². The Hall–Kier alpha value is -1.37. The molecule has 4 nitrogen and oxygen atoms in total. The monoisotopic (exact) mass is 249 g/mol. The van der Waals surface area contributed by atoms with Crippen LogP contribution in [0, 0.1) is 0 Å². The Balaban J connectivity index is 3.18. The number of hydrogen-bond donors (Lipinski definition) is 1. The molecule has 0 saturated heterocycles. The Morgan fingerprint density at radius 3 is 2.47 bits per heavy atom. The van der Waals surface area contributed by atoms with Crippen molar-refractivity contribution >= 4 is 0 Å². The molecular weight excluding hydrogens is 235 g/mol. The first kappa shape index (κ1) is 13.7. The van der Waals surface area contributed by atoms with Gasteiger partial charge in [-0.15, -0.1) is 0 Å². The smallest absolute Gasteiger partial charge is 0.433 e. The molecule has 2 N–H and O–H groups in total. The molecule has 0 aliphatic carbocycles. The second-order valence-electron chi connectivity index (χ2n) is 3.40. The Morgan fingerprint density at radius 1 is 1.35 bits per heavy atom. The molecule has 0 aliphatic rings. The van der Waals surface area contributed by atoms with Crippen molar-refractivity contribution in [1.82, 2.24) is 9.97 Å². The molecule has 0 fully saturated rings. The predicted molar refractivity (Wildman–Crippen MR) is 55.4 cm³/mol. The summed E-state index contributed by atoms with van der Waals surface area (Å²) < 4.78 is 42.7. The van der Waals surface area contributed by atoms with Crippen molar-refractivity contribution in [2.24, 2.45) is 5.73 Å². The van der Waals surface area contributed by atoms with Crippen LogP contribution in [0.5, 0.6) is 5.88 Å². The van der Waals surface area contributed by atoms with E-state index in [-0.39, 0.29) is 18.3 Å². The second-order valence-corrected chi connectivity index (χ2v) is 3.40. The zero-order chi connectivity index (χ0) is 13.1. The number of nitrogens with two attached hydrogens (primary N) is 1. The van der Waals surface area contributed by atoms with Crippen molar-refractivity contribution in [2.75, 3.05) is 6.61 Å². The van der Waals surface area contributed by atoms with Crippen LogP contribution in [0.3, 0.4) is 0 Å². The lowest BCUT2D eigenvalue weighted by Crippen LogP contribution is -2.18. The largest absolute Gasteiger partial charge is 0.478 e. The van der Waals surface area contributed by atoms with E-state index in [0.29, 0.717) is 6.42 Å². The van der Waals surface area contributed by atoms with Crippen LogP contribution in [-0.4, -0.2) is 16.6 Å². The first-order chi connectivity index (χ1) is 7.88. The summed E-state index contributed by atoms with van der Waals surface area (Å²) in [6, 6.07) is 0.145. The van der Waals surface area contributed by atoms with Gasteiger partial charge in [0, 0.05) is 6.07 Å². The van der Waals surface area contributed by atoms with Crippen LogP contribution in [0.15, 0.2) is 6.07 Å². The van der Waals surface area contributed by atoms with Gasteiger partial charge < -0.3 is 10.5 Å². The highest BCUT2D eigenvalue weighted by Crippen LogP contribution is 2.30. The van der Waals surface area contributed by atoms with Gasteiger partial charge in [0.25, 0.3) is 0 Å². The van der Waals surface area contributed by atoms with Crippen LogP contribution in [0.2, 0.25) is 0 Å². The summed E-state index contributed by atoms with van der Waals surface area (Å²) in [5.41, 5.74) is 4.59. The minimum Gasteiger partial charge on any atom is -0.478 e. The van der Waals surface area contributed by atoms with E-state index in [2.05, 4.69) is 9.97 Å². The van der Waals surface area contributed by atoms with Gasteiger partial charge in [0.2, 0.25) is 5.88 Å². The van der Waals surface area contributed by atoms with Gasteiger partial charge >= 0.3 is 6.18 Å². The van der Waals surface area contributed by atoms with Crippen LogP contribution < -0.4 is 10.5 Å². The highest BCUT2D eigenvalue weighted by Gasteiger charge is 2.34. The van der Waals surface area contributed by atoms with Crippen molar-refractivity contribution in [3.8, 4) is 5.88 Å².